The maximum absolute atomic E-state index is 12.7. The van der Waals surface area contributed by atoms with Gasteiger partial charge in [-0.3, -0.25) is 9.59 Å². The number of nitrogens with zero attached hydrogens (tertiary/aromatic N) is 1. The Morgan fingerprint density at radius 3 is 2.48 bits per heavy atom. The van der Waals surface area contributed by atoms with Gasteiger partial charge in [0.2, 0.25) is 10.0 Å². The molecule has 9 heteroatoms. The summed E-state index contributed by atoms with van der Waals surface area (Å²) in [5.74, 6) is -1.00. The second-order valence-electron chi connectivity index (χ2n) is 8.14. The second-order valence-corrected chi connectivity index (χ2v) is 10.2. The summed E-state index contributed by atoms with van der Waals surface area (Å²) in [6, 6.07) is 10.4. The Morgan fingerprint density at radius 1 is 1.16 bits per heavy atom. The zero-order valence-electron chi connectivity index (χ0n) is 17.8. The molecule has 31 heavy (non-hydrogen) atoms. The zero-order valence-corrected chi connectivity index (χ0v) is 18.7. The minimum absolute atomic E-state index is 0.00439. The van der Waals surface area contributed by atoms with Crippen molar-refractivity contribution < 1.29 is 23.1 Å². The molecular weight excluding hydrogens is 418 g/mol. The second kappa shape index (κ2) is 10.3. The van der Waals surface area contributed by atoms with Crippen LogP contribution in [0, 0.1) is 0 Å². The van der Waals surface area contributed by atoms with Gasteiger partial charge in [-0.1, -0.05) is 30.3 Å². The van der Waals surface area contributed by atoms with Crippen molar-refractivity contribution in [1.29, 1.82) is 0 Å². The van der Waals surface area contributed by atoms with E-state index in [0.717, 1.165) is 25.7 Å². The summed E-state index contributed by atoms with van der Waals surface area (Å²) in [5, 5.41) is 13.1. The molecule has 1 aromatic rings. The summed E-state index contributed by atoms with van der Waals surface area (Å²) >= 11 is 0. The first-order valence-electron chi connectivity index (χ1n) is 10.8. The lowest BCUT2D eigenvalue weighted by Gasteiger charge is -2.29. The van der Waals surface area contributed by atoms with E-state index >= 15 is 0 Å². The molecule has 0 atom stereocenters. The van der Waals surface area contributed by atoms with Gasteiger partial charge in [-0.25, -0.2) is 13.1 Å². The fourth-order valence-corrected chi connectivity index (χ4v) is 4.80. The van der Waals surface area contributed by atoms with Crippen LogP contribution in [0.5, 0.6) is 0 Å². The predicted molar refractivity (Wildman–Crippen MR) is 118 cm³/mol. The van der Waals surface area contributed by atoms with E-state index < -0.39 is 27.6 Å². The molecular formula is C22H31N3O5S. The minimum atomic E-state index is -3.28. The van der Waals surface area contributed by atoms with Gasteiger partial charge in [-0.05, 0) is 50.5 Å². The van der Waals surface area contributed by atoms with E-state index in [-0.39, 0.29) is 37.0 Å². The maximum atomic E-state index is 12.7. The molecule has 3 rings (SSSR count). The molecule has 1 aliphatic heterocycles. The molecule has 1 heterocycles. The molecule has 0 unspecified atom stereocenters. The number of benzene rings is 1. The highest BCUT2D eigenvalue weighted by molar-refractivity contribution is 7.89. The molecule has 0 radical (unpaired) electrons. The third-order valence-corrected chi connectivity index (χ3v) is 7.44. The van der Waals surface area contributed by atoms with Crippen LogP contribution in [0.15, 0.2) is 41.7 Å². The van der Waals surface area contributed by atoms with Crippen molar-refractivity contribution in [1.82, 2.24) is 14.9 Å². The van der Waals surface area contributed by atoms with Crippen LogP contribution in [0.2, 0.25) is 0 Å². The zero-order chi connectivity index (χ0) is 22.4. The third-order valence-electron chi connectivity index (χ3n) is 6.04. The van der Waals surface area contributed by atoms with Crippen LogP contribution in [-0.4, -0.2) is 61.7 Å². The van der Waals surface area contributed by atoms with Gasteiger partial charge in [0.05, 0.1) is 17.9 Å². The highest BCUT2D eigenvalue weighted by Gasteiger charge is 2.34. The molecule has 0 spiro atoms. The van der Waals surface area contributed by atoms with Gasteiger partial charge in [0.1, 0.15) is 0 Å². The summed E-state index contributed by atoms with van der Waals surface area (Å²) in [6.45, 7) is 2.05. The van der Waals surface area contributed by atoms with Crippen molar-refractivity contribution in [2.45, 2.75) is 51.0 Å². The van der Waals surface area contributed by atoms with Crippen LogP contribution in [0.25, 0.3) is 0 Å². The van der Waals surface area contributed by atoms with Gasteiger partial charge in [0.15, 0.2) is 5.76 Å². The molecule has 170 valence electrons. The molecule has 1 fully saturated rings. The first-order valence-corrected chi connectivity index (χ1v) is 12.5. The van der Waals surface area contributed by atoms with Crippen molar-refractivity contribution in [2.24, 2.45) is 0 Å². The topological polar surface area (TPSA) is 116 Å². The van der Waals surface area contributed by atoms with Gasteiger partial charge in [-0.15, -0.1) is 0 Å². The number of hydrogen-bond acceptors (Lipinski definition) is 5. The number of aliphatic hydroxyl groups excluding tert-OH is 1. The van der Waals surface area contributed by atoms with Crippen molar-refractivity contribution in [3.8, 4) is 0 Å². The quantitative estimate of drug-likeness (QED) is 0.497. The van der Waals surface area contributed by atoms with Crippen molar-refractivity contribution in [3.05, 3.63) is 47.2 Å². The Hall–Kier alpha value is -2.39. The minimum Gasteiger partial charge on any atom is -0.503 e. The summed E-state index contributed by atoms with van der Waals surface area (Å²) in [4.78, 5) is 26.3. The molecule has 3 N–H and O–H groups in total. The number of carbonyl (C=O) groups is 2. The van der Waals surface area contributed by atoms with E-state index in [2.05, 4.69) is 22.2 Å². The lowest BCUT2D eigenvalue weighted by Crippen LogP contribution is -2.39. The Labute approximate surface area is 183 Å². The van der Waals surface area contributed by atoms with E-state index in [4.69, 9.17) is 0 Å². The van der Waals surface area contributed by atoms with Crippen LogP contribution in [0.4, 0.5) is 0 Å². The maximum Gasteiger partial charge on any atom is 0.289 e. The predicted octanol–water partition coefficient (Wildman–Crippen LogP) is 1.81. The van der Waals surface area contributed by atoms with Gasteiger partial charge >= 0.3 is 0 Å². The molecule has 1 saturated carbocycles. The van der Waals surface area contributed by atoms with Crippen molar-refractivity contribution in [2.75, 3.05) is 25.4 Å². The Kier molecular flexibility index (Phi) is 7.72. The monoisotopic (exact) mass is 449 g/mol. The number of hydrogen-bond donors (Lipinski definition) is 3. The van der Waals surface area contributed by atoms with E-state index in [1.54, 1.807) is 6.92 Å². The molecule has 0 aromatic heterocycles. The average molecular weight is 450 g/mol. The molecule has 0 saturated heterocycles. The van der Waals surface area contributed by atoms with Gasteiger partial charge in [0, 0.05) is 19.1 Å². The summed E-state index contributed by atoms with van der Waals surface area (Å²) in [7, 11) is -3.28. The number of sulfonamides is 1. The average Bonchev–Trinajstić information content (AvgIpc) is 3.06. The normalized spacial score (nSPS) is 22.1. The molecule has 1 aliphatic carbocycles. The highest BCUT2D eigenvalue weighted by Crippen LogP contribution is 2.33. The van der Waals surface area contributed by atoms with Crippen LogP contribution < -0.4 is 10.0 Å². The SMILES string of the molecule is CCS(=O)(=O)NCCCN1CC(C(=O)NC2CCC(c3ccccc3)CC2)=C(O)C1=O. The lowest BCUT2D eigenvalue weighted by molar-refractivity contribution is -0.127. The number of amides is 2. The van der Waals surface area contributed by atoms with Crippen LogP contribution >= 0.6 is 0 Å². The molecule has 1 aromatic carbocycles. The van der Waals surface area contributed by atoms with E-state index in [9.17, 15) is 23.1 Å². The smallest absolute Gasteiger partial charge is 0.289 e. The number of nitrogens with one attached hydrogen (secondary N) is 2. The third kappa shape index (κ3) is 6.07. The van der Waals surface area contributed by atoms with Crippen LogP contribution in [0.1, 0.15) is 50.5 Å². The van der Waals surface area contributed by atoms with Crippen molar-refractivity contribution in [3.63, 3.8) is 0 Å². The Bertz CT molecular complexity index is 922. The standard InChI is InChI=1S/C22H31N3O5S/c1-2-31(29,30)23-13-6-14-25-15-19(20(26)22(25)28)21(27)24-18-11-9-17(10-12-18)16-7-4-3-5-8-16/h3-5,7-8,17-18,23,26H,2,6,9-15H2,1H3,(H,24,27). The summed E-state index contributed by atoms with van der Waals surface area (Å²) in [5.41, 5.74) is 1.41. The van der Waals surface area contributed by atoms with Crippen molar-refractivity contribution >= 4 is 21.8 Å². The van der Waals surface area contributed by atoms with E-state index in [0.29, 0.717) is 12.3 Å². The van der Waals surface area contributed by atoms with Crippen LogP contribution in [0.3, 0.4) is 0 Å². The summed E-state index contributed by atoms with van der Waals surface area (Å²) < 4.78 is 25.3. The number of carbonyl (C=O) groups excluding carboxylic acids is 2. The van der Waals surface area contributed by atoms with Gasteiger partial charge in [0.25, 0.3) is 11.8 Å². The van der Waals surface area contributed by atoms with Gasteiger partial charge in [-0.2, -0.15) is 0 Å². The first kappa shape index (κ1) is 23.3. The largest absolute Gasteiger partial charge is 0.503 e. The van der Waals surface area contributed by atoms with E-state index in [1.165, 1.54) is 10.5 Å². The summed E-state index contributed by atoms with van der Waals surface area (Å²) in [6.07, 6.45) is 4.08. The van der Waals surface area contributed by atoms with Crippen LogP contribution in [-0.2, 0) is 19.6 Å². The molecule has 8 nitrogen and oxygen atoms in total. The lowest BCUT2D eigenvalue weighted by atomic mass is 9.82. The highest BCUT2D eigenvalue weighted by atomic mass is 32.2. The number of rotatable bonds is 9. The van der Waals surface area contributed by atoms with Gasteiger partial charge < -0.3 is 15.3 Å². The fraction of sp³-hybridized carbons (Fsp3) is 0.545. The molecule has 2 aliphatic rings. The molecule has 0 bridgehead atoms. The van der Waals surface area contributed by atoms with E-state index in [1.807, 2.05) is 18.2 Å². The number of aliphatic hydroxyl groups is 1. The fourth-order valence-electron chi connectivity index (χ4n) is 4.14. The first-order chi connectivity index (χ1) is 14.8. The Morgan fingerprint density at radius 2 is 1.84 bits per heavy atom. The Balaban J connectivity index is 1.45. The molecule has 2 amide bonds.